The number of methoxy groups -OCH3 is 1. The van der Waals surface area contributed by atoms with Gasteiger partial charge in [-0.05, 0) is 43.2 Å². The standard InChI is InChI=1S/C20H30N2O5/c1-4-10-21(17-8-11-27-12-9-17)18-7-6-16(13-19(18)22(24)25)15(5-2)14-20(23)26-3/h6-7,13,15,17H,4-5,8-12,14H2,1-3H3/t15-/m0/s1. The molecule has 0 saturated carbocycles. The zero-order valence-corrected chi connectivity index (χ0v) is 16.5. The molecule has 27 heavy (non-hydrogen) atoms. The van der Waals surface area contributed by atoms with Gasteiger partial charge < -0.3 is 14.4 Å². The third-order valence-corrected chi connectivity index (χ3v) is 5.21. The first-order chi connectivity index (χ1) is 13.0. The Morgan fingerprint density at radius 3 is 2.63 bits per heavy atom. The predicted octanol–water partition coefficient (Wildman–Crippen LogP) is 4.05. The predicted molar refractivity (Wildman–Crippen MR) is 104 cm³/mol. The summed E-state index contributed by atoms with van der Waals surface area (Å²) in [7, 11) is 1.36. The summed E-state index contributed by atoms with van der Waals surface area (Å²) in [6.07, 6.45) is 3.60. The number of hydrogen-bond donors (Lipinski definition) is 0. The molecule has 0 radical (unpaired) electrons. The average Bonchev–Trinajstić information content (AvgIpc) is 2.70. The fourth-order valence-electron chi connectivity index (χ4n) is 3.70. The molecule has 0 spiro atoms. The van der Waals surface area contributed by atoms with Gasteiger partial charge in [0.05, 0.1) is 18.5 Å². The zero-order valence-electron chi connectivity index (χ0n) is 16.5. The lowest BCUT2D eigenvalue weighted by atomic mass is 9.92. The normalized spacial score (nSPS) is 16.0. The Hall–Kier alpha value is -2.15. The molecule has 0 unspecified atom stereocenters. The molecule has 2 rings (SSSR count). The van der Waals surface area contributed by atoms with Crippen molar-refractivity contribution < 1.29 is 19.2 Å². The van der Waals surface area contributed by atoms with E-state index in [9.17, 15) is 14.9 Å². The van der Waals surface area contributed by atoms with Crippen LogP contribution in [0.4, 0.5) is 11.4 Å². The van der Waals surface area contributed by atoms with E-state index < -0.39 is 0 Å². The van der Waals surface area contributed by atoms with Gasteiger partial charge in [0.25, 0.3) is 5.69 Å². The third-order valence-electron chi connectivity index (χ3n) is 5.21. The molecule has 1 aromatic carbocycles. The molecule has 0 amide bonds. The highest BCUT2D eigenvalue weighted by Crippen LogP contribution is 2.36. The van der Waals surface area contributed by atoms with Gasteiger partial charge in [-0.15, -0.1) is 0 Å². The first-order valence-electron chi connectivity index (χ1n) is 9.71. The number of rotatable bonds is 9. The van der Waals surface area contributed by atoms with Gasteiger partial charge in [0, 0.05) is 31.9 Å². The summed E-state index contributed by atoms with van der Waals surface area (Å²) in [6, 6.07) is 5.65. The molecule has 150 valence electrons. The zero-order chi connectivity index (χ0) is 19.8. The fourth-order valence-corrected chi connectivity index (χ4v) is 3.70. The fraction of sp³-hybridized carbons (Fsp3) is 0.650. The molecule has 7 nitrogen and oxygen atoms in total. The van der Waals surface area contributed by atoms with Gasteiger partial charge in [0.2, 0.25) is 0 Å². The Balaban J connectivity index is 2.37. The Kier molecular flexibility index (Phi) is 8.03. The molecule has 1 aliphatic rings. The van der Waals surface area contributed by atoms with Crippen LogP contribution in [-0.4, -0.2) is 43.8 Å². The topological polar surface area (TPSA) is 81.9 Å². The van der Waals surface area contributed by atoms with Crippen molar-refractivity contribution in [3.05, 3.63) is 33.9 Å². The van der Waals surface area contributed by atoms with Crippen molar-refractivity contribution in [1.82, 2.24) is 0 Å². The number of ether oxygens (including phenoxy) is 2. The van der Waals surface area contributed by atoms with Gasteiger partial charge >= 0.3 is 5.97 Å². The molecule has 7 heteroatoms. The molecular weight excluding hydrogens is 348 g/mol. The quantitative estimate of drug-likeness (QED) is 0.366. The van der Waals surface area contributed by atoms with Crippen LogP contribution in [-0.2, 0) is 14.3 Å². The van der Waals surface area contributed by atoms with Crippen molar-refractivity contribution >= 4 is 17.3 Å². The molecule has 0 N–H and O–H groups in total. The number of nitrogens with zero attached hydrogens (tertiary/aromatic N) is 2. The maximum Gasteiger partial charge on any atom is 0.306 e. The van der Waals surface area contributed by atoms with Crippen LogP contribution < -0.4 is 4.90 Å². The maximum atomic E-state index is 11.8. The molecule has 1 aliphatic heterocycles. The number of nitro benzene ring substituents is 1. The van der Waals surface area contributed by atoms with Crippen LogP contribution >= 0.6 is 0 Å². The van der Waals surface area contributed by atoms with E-state index in [1.165, 1.54) is 7.11 Å². The highest BCUT2D eigenvalue weighted by atomic mass is 16.6. The molecule has 0 aliphatic carbocycles. The molecule has 0 aromatic heterocycles. The molecular formula is C20H30N2O5. The summed E-state index contributed by atoms with van der Waals surface area (Å²) < 4.78 is 10.2. The summed E-state index contributed by atoms with van der Waals surface area (Å²) in [4.78, 5) is 25.3. The van der Waals surface area contributed by atoms with E-state index in [1.54, 1.807) is 6.07 Å². The van der Waals surface area contributed by atoms with E-state index >= 15 is 0 Å². The van der Waals surface area contributed by atoms with Crippen molar-refractivity contribution in [2.24, 2.45) is 0 Å². The first-order valence-corrected chi connectivity index (χ1v) is 9.71. The van der Waals surface area contributed by atoms with E-state index in [2.05, 4.69) is 11.8 Å². The van der Waals surface area contributed by atoms with Gasteiger partial charge in [-0.1, -0.05) is 19.9 Å². The van der Waals surface area contributed by atoms with E-state index in [1.807, 2.05) is 19.1 Å². The van der Waals surface area contributed by atoms with E-state index in [-0.39, 0.29) is 35.0 Å². The van der Waals surface area contributed by atoms with Gasteiger partial charge in [0.15, 0.2) is 0 Å². The minimum absolute atomic E-state index is 0.0899. The number of carbonyl (C=O) groups excluding carboxylic acids is 1. The van der Waals surface area contributed by atoms with Crippen LogP contribution in [0, 0.1) is 10.1 Å². The second-order valence-corrected chi connectivity index (χ2v) is 6.93. The summed E-state index contributed by atoms with van der Waals surface area (Å²) in [5.41, 5.74) is 1.57. The number of anilines is 1. The number of benzene rings is 1. The maximum absolute atomic E-state index is 11.8. The number of hydrogen-bond acceptors (Lipinski definition) is 6. The van der Waals surface area contributed by atoms with E-state index in [0.717, 1.165) is 31.4 Å². The van der Waals surface area contributed by atoms with Crippen molar-refractivity contribution in [2.45, 2.75) is 57.9 Å². The van der Waals surface area contributed by atoms with Gasteiger partial charge in [-0.2, -0.15) is 0 Å². The van der Waals surface area contributed by atoms with Crippen LogP contribution in [0.1, 0.15) is 57.4 Å². The lowest BCUT2D eigenvalue weighted by molar-refractivity contribution is -0.384. The van der Waals surface area contributed by atoms with E-state index in [4.69, 9.17) is 9.47 Å². The second kappa shape index (κ2) is 10.3. The summed E-state index contributed by atoms with van der Waals surface area (Å²) in [5, 5.41) is 11.8. The molecule has 1 fully saturated rings. The SMILES string of the molecule is CCCN(c1ccc([C@@H](CC)CC(=O)OC)cc1[N+](=O)[O-])C1CCOCC1. The Bertz CT molecular complexity index is 643. The Morgan fingerprint density at radius 2 is 2.07 bits per heavy atom. The number of esters is 1. The third kappa shape index (κ3) is 5.42. The van der Waals surface area contributed by atoms with Gasteiger partial charge in [-0.25, -0.2) is 0 Å². The summed E-state index contributed by atoms with van der Waals surface area (Å²) in [6.45, 7) is 6.20. The Morgan fingerprint density at radius 1 is 1.37 bits per heavy atom. The smallest absolute Gasteiger partial charge is 0.306 e. The largest absolute Gasteiger partial charge is 0.469 e. The molecule has 1 aromatic rings. The monoisotopic (exact) mass is 378 g/mol. The molecule has 0 bridgehead atoms. The molecule has 1 heterocycles. The first kappa shape index (κ1) is 21.2. The number of nitro groups is 1. The van der Waals surface area contributed by atoms with Crippen LogP contribution in [0.2, 0.25) is 0 Å². The van der Waals surface area contributed by atoms with Crippen LogP contribution in [0.3, 0.4) is 0 Å². The number of carbonyl (C=O) groups is 1. The van der Waals surface area contributed by atoms with Crippen LogP contribution in [0.25, 0.3) is 0 Å². The average molecular weight is 378 g/mol. The lowest BCUT2D eigenvalue weighted by Crippen LogP contribution is -2.40. The van der Waals surface area contributed by atoms with Crippen molar-refractivity contribution in [3.63, 3.8) is 0 Å². The molecule has 1 atom stereocenters. The minimum atomic E-state index is -0.314. The van der Waals surface area contributed by atoms with Gasteiger partial charge in [0.1, 0.15) is 5.69 Å². The van der Waals surface area contributed by atoms with Crippen molar-refractivity contribution in [2.75, 3.05) is 31.8 Å². The van der Waals surface area contributed by atoms with E-state index in [0.29, 0.717) is 25.3 Å². The highest BCUT2D eigenvalue weighted by molar-refractivity contribution is 5.71. The summed E-state index contributed by atoms with van der Waals surface area (Å²) in [5.74, 6) is -0.392. The summed E-state index contributed by atoms with van der Waals surface area (Å²) >= 11 is 0. The van der Waals surface area contributed by atoms with Crippen LogP contribution in [0.15, 0.2) is 18.2 Å². The van der Waals surface area contributed by atoms with Crippen molar-refractivity contribution in [3.8, 4) is 0 Å². The minimum Gasteiger partial charge on any atom is -0.469 e. The van der Waals surface area contributed by atoms with Crippen LogP contribution in [0.5, 0.6) is 0 Å². The van der Waals surface area contributed by atoms with Crippen molar-refractivity contribution in [1.29, 1.82) is 0 Å². The lowest BCUT2D eigenvalue weighted by Gasteiger charge is -2.35. The Labute approximate surface area is 160 Å². The van der Waals surface area contributed by atoms with Gasteiger partial charge in [-0.3, -0.25) is 14.9 Å². The second-order valence-electron chi connectivity index (χ2n) is 6.93. The molecule has 1 saturated heterocycles. The highest BCUT2D eigenvalue weighted by Gasteiger charge is 2.28.